The number of hydrogen-bond acceptors (Lipinski definition) is 1. The number of benzene rings is 5. The maximum Gasteiger partial charge on any atom is 2.00 e. The van der Waals surface area contributed by atoms with E-state index in [9.17, 15) is 5.11 Å². The first kappa shape index (κ1) is 33.8. The predicted octanol–water partition coefficient (Wildman–Crippen LogP) is 7.36. The van der Waals surface area contributed by atoms with E-state index < -0.39 is 21.9 Å². The van der Waals surface area contributed by atoms with Crippen LogP contribution in [0.15, 0.2) is 146 Å². The van der Waals surface area contributed by atoms with Crippen molar-refractivity contribution in [2.24, 2.45) is 0 Å². The molecule has 2 aliphatic rings. The summed E-state index contributed by atoms with van der Waals surface area (Å²) in [7, 11) is -1.66. The van der Waals surface area contributed by atoms with Crippen LogP contribution in [0.5, 0.6) is 0 Å². The summed E-state index contributed by atoms with van der Waals surface area (Å²) in [6, 6.07) is 51.2. The van der Waals surface area contributed by atoms with E-state index in [0.29, 0.717) is 0 Å². The summed E-state index contributed by atoms with van der Waals surface area (Å²) in [6.45, 7) is 0. The molecule has 2 saturated carbocycles. The predicted molar refractivity (Wildman–Crippen MR) is 190 cm³/mol. The van der Waals surface area contributed by atoms with Crippen LogP contribution in [-0.4, -0.2) is 5.11 Å². The Morgan fingerprint density at radius 3 is 1.22 bits per heavy atom. The second kappa shape index (κ2) is 17.4. The molecule has 5 aromatic carbocycles. The van der Waals surface area contributed by atoms with Crippen molar-refractivity contribution >= 4 is 42.4 Å². The van der Waals surface area contributed by atoms with E-state index in [4.69, 9.17) is 0 Å². The molecule has 0 amide bonds. The molecule has 5 aromatic rings. The fourth-order valence-corrected chi connectivity index (χ4v) is 10.4. The molecule has 0 unspecified atom stereocenters. The third-order valence-corrected chi connectivity index (χ3v) is 12.5. The van der Waals surface area contributed by atoms with Crippen LogP contribution in [0.25, 0.3) is 0 Å². The Morgan fingerprint density at radius 2 is 0.778 bits per heavy atom. The van der Waals surface area contributed by atoms with Gasteiger partial charge < -0.3 is 5.11 Å². The van der Waals surface area contributed by atoms with Crippen LogP contribution in [0.2, 0.25) is 0 Å². The molecule has 0 spiro atoms. The van der Waals surface area contributed by atoms with Gasteiger partial charge in [0.15, 0.2) is 0 Å². The largest absolute Gasteiger partial charge is 2.00 e. The van der Waals surface area contributed by atoms with Gasteiger partial charge in [-0.2, -0.15) is 0 Å². The molecule has 0 saturated heterocycles. The molecule has 1 N–H and O–H groups in total. The van der Waals surface area contributed by atoms with Gasteiger partial charge in [-0.3, -0.25) is 0 Å². The fourth-order valence-electron chi connectivity index (χ4n) is 5.43. The van der Waals surface area contributed by atoms with Gasteiger partial charge in [-0.25, -0.2) is 0 Å². The maximum atomic E-state index is 12.1. The molecule has 2 aliphatic carbocycles. The van der Waals surface area contributed by atoms with Crippen LogP contribution in [-0.2, 0) is 17.1 Å². The smallest absolute Gasteiger partial charge is 0.388 e. The van der Waals surface area contributed by atoms with Crippen molar-refractivity contribution in [3.63, 3.8) is 0 Å². The molecule has 45 heavy (non-hydrogen) atoms. The van der Waals surface area contributed by atoms with E-state index >= 15 is 0 Å². The number of aliphatic hydroxyl groups excluding tert-OH is 1. The van der Waals surface area contributed by atoms with Crippen molar-refractivity contribution in [2.75, 3.05) is 0 Å². The minimum Gasteiger partial charge on any atom is -0.388 e. The molecule has 0 bridgehead atoms. The third kappa shape index (κ3) is 8.43. The standard InChI is InChI=1S/C36H29OP2.C5H5.Fe/c37-36(33-25-15-27-35(33)39(30-20-9-3-10-21-30)31-22-11-4-12-23-31)32-24-13-14-26-34(32)38(28-16-5-1-6-17-28)29-18-7-2-8-19-29;1-2-4-5-3-1;/h1-27,36-37H;1-5H;/q;;+2/t36-;;/m1../s1. The minimum atomic E-state index is -0.842. The zero-order valence-electron chi connectivity index (χ0n) is 24.7. The molecular formula is C41H34FeOP2+2. The van der Waals surface area contributed by atoms with Gasteiger partial charge in [0.1, 0.15) is 0 Å². The quantitative estimate of drug-likeness (QED) is 0.136. The van der Waals surface area contributed by atoms with Crippen molar-refractivity contribution < 1.29 is 22.2 Å². The van der Waals surface area contributed by atoms with Crippen LogP contribution in [0.1, 0.15) is 11.7 Å². The first-order valence-corrected chi connectivity index (χ1v) is 17.5. The molecule has 0 aromatic heterocycles. The molecule has 0 aliphatic heterocycles. The van der Waals surface area contributed by atoms with E-state index in [-0.39, 0.29) is 17.1 Å². The van der Waals surface area contributed by atoms with Crippen molar-refractivity contribution in [1.29, 1.82) is 0 Å². The first-order chi connectivity index (χ1) is 21.8. The van der Waals surface area contributed by atoms with E-state index in [2.05, 4.69) is 159 Å². The second-order valence-electron chi connectivity index (χ2n) is 10.3. The maximum absolute atomic E-state index is 12.1. The molecule has 1 atom stereocenters. The molecule has 7 rings (SSSR count). The SMILES string of the molecule is O[C@@H]([C]1[CH][CH][CH][C]1P(c1ccccc1)c1ccccc1)c1ccccc1P(c1ccccc1)c1ccccc1.[CH]1[CH][CH][CH][CH]1.[Fe+2]. The van der Waals surface area contributed by atoms with Gasteiger partial charge in [-0.15, -0.1) is 0 Å². The monoisotopic (exact) mass is 660 g/mol. The zero-order valence-corrected chi connectivity index (χ0v) is 27.6. The summed E-state index contributed by atoms with van der Waals surface area (Å²) in [5.41, 5.74) is 2.17. The molecule has 10 radical (unpaired) electrons. The van der Waals surface area contributed by atoms with Gasteiger partial charge >= 0.3 is 17.1 Å². The van der Waals surface area contributed by atoms with E-state index in [1.165, 1.54) is 32.2 Å². The summed E-state index contributed by atoms with van der Waals surface area (Å²) in [5, 5.41) is 18.4. The topological polar surface area (TPSA) is 20.2 Å². The Kier molecular flexibility index (Phi) is 13.1. The summed E-state index contributed by atoms with van der Waals surface area (Å²) >= 11 is 0. The Morgan fingerprint density at radius 1 is 0.400 bits per heavy atom. The normalized spacial score (nSPS) is 15.8. The van der Waals surface area contributed by atoms with Gasteiger partial charge in [0.2, 0.25) is 0 Å². The van der Waals surface area contributed by atoms with Crippen molar-refractivity contribution in [3.8, 4) is 0 Å². The van der Waals surface area contributed by atoms with E-state index in [1.54, 1.807) is 0 Å². The molecule has 4 heteroatoms. The van der Waals surface area contributed by atoms with Crippen molar-refractivity contribution in [2.45, 2.75) is 6.10 Å². The average Bonchev–Trinajstić information content (AvgIpc) is 3.84. The molecule has 1 nitrogen and oxygen atoms in total. The van der Waals surface area contributed by atoms with Crippen molar-refractivity contribution in [3.05, 3.63) is 214 Å². The van der Waals surface area contributed by atoms with Gasteiger partial charge in [0, 0.05) is 11.6 Å². The average molecular weight is 661 g/mol. The number of aliphatic hydroxyl groups is 1. The van der Waals surface area contributed by atoms with Gasteiger partial charge in [0.05, 0.1) is 6.10 Å². The van der Waals surface area contributed by atoms with Gasteiger partial charge in [0.25, 0.3) is 0 Å². The van der Waals surface area contributed by atoms with Gasteiger partial charge in [-0.1, -0.05) is 146 Å². The van der Waals surface area contributed by atoms with Crippen LogP contribution in [0.4, 0.5) is 0 Å². The molecule has 220 valence electrons. The summed E-state index contributed by atoms with van der Waals surface area (Å²) in [4.78, 5) is 0. The number of hydrogen-bond donors (Lipinski definition) is 1. The Bertz CT molecular complexity index is 1460. The zero-order chi connectivity index (χ0) is 30.0. The molecular weight excluding hydrogens is 626 g/mol. The van der Waals surface area contributed by atoms with Crippen molar-refractivity contribution in [1.82, 2.24) is 0 Å². The van der Waals surface area contributed by atoms with Gasteiger partial charge in [-0.05, 0) is 99.3 Å². The van der Waals surface area contributed by atoms with Crippen LogP contribution < -0.4 is 26.5 Å². The van der Waals surface area contributed by atoms with Crippen LogP contribution in [0, 0.1) is 62.9 Å². The summed E-state index contributed by atoms with van der Waals surface area (Å²) < 4.78 is 0. The van der Waals surface area contributed by atoms with Crippen LogP contribution >= 0.6 is 15.8 Å². The Hall–Kier alpha value is -2.56. The first-order valence-electron chi connectivity index (χ1n) is 14.8. The molecule has 0 heterocycles. The second-order valence-corrected chi connectivity index (χ2v) is 14.7. The molecule has 2 fully saturated rings. The number of rotatable bonds is 8. The summed E-state index contributed by atoms with van der Waals surface area (Å²) in [5.74, 6) is 0.984. The van der Waals surface area contributed by atoms with E-state index in [1.807, 2.05) is 38.2 Å². The Labute approximate surface area is 283 Å². The fraction of sp³-hybridized carbons (Fsp3) is 0.0244. The Balaban J connectivity index is 0.000000609. The third-order valence-electron chi connectivity index (χ3n) is 7.45. The van der Waals surface area contributed by atoms with E-state index in [0.717, 1.165) is 11.5 Å². The van der Waals surface area contributed by atoms with Crippen LogP contribution in [0.3, 0.4) is 0 Å². The minimum absolute atomic E-state index is 0. The summed E-state index contributed by atoms with van der Waals surface area (Å²) in [6.07, 6.45) is 15.7.